The summed E-state index contributed by atoms with van der Waals surface area (Å²) in [7, 11) is 0. The molecule has 0 aromatic heterocycles. The van der Waals surface area contributed by atoms with E-state index in [-0.39, 0.29) is 5.91 Å². The number of nitrogens with one attached hydrogen (secondary N) is 1. The van der Waals surface area contributed by atoms with Gasteiger partial charge in [-0.15, -0.1) is 0 Å². The van der Waals surface area contributed by atoms with Crippen molar-refractivity contribution < 1.29 is 14.3 Å². The van der Waals surface area contributed by atoms with Crippen molar-refractivity contribution in [2.45, 2.75) is 6.92 Å². The molecular weight excluding hydrogens is 302 g/mol. The molecule has 1 amide bonds. The van der Waals surface area contributed by atoms with E-state index < -0.39 is 0 Å². The summed E-state index contributed by atoms with van der Waals surface area (Å²) in [4.78, 5) is 12.2. The van der Waals surface area contributed by atoms with Crippen LogP contribution in [0.4, 0.5) is 5.69 Å². The fourth-order valence-electron chi connectivity index (χ4n) is 1.83. The number of halogens is 1. The fourth-order valence-corrected chi connectivity index (χ4v) is 1.95. The maximum Gasteiger partial charge on any atom is 0.255 e. The van der Waals surface area contributed by atoms with Gasteiger partial charge in [0.1, 0.15) is 12.4 Å². The first-order valence-corrected chi connectivity index (χ1v) is 7.44. The fraction of sp³-hybridized carbons (Fsp3) is 0.235. The second kappa shape index (κ2) is 8.41. The summed E-state index contributed by atoms with van der Waals surface area (Å²) in [5.41, 5.74) is 1.22. The highest BCUT2D eigenvalue weighted by Gasteiger charge is 2.07. The Morgan fingerprint density at radius 1 is 1.14 bits per heavy atom. The van der Waals surface area contributed by atoms with Crippen LogP contribution in [0.1, 0.15) is 17.3 Å². The van der Waals surface area contributed by atoms with Gasteiger partial charge in [-0.1, -0.05) is 17.7 Å². The third kappa shape index (κ3) is 5.06. The molecule has 116 valence electrons. The van der Waals surface area contributed by atoms with Crippen LogP contribution in [0.2, 0.25) is 5.02 Å². The molecule has 0 heterocycles. The van der Waals surface area contributed by atoms with Crippen LogP contribution in [0.3, 0.4) is 0 Å². The zero-order valence-electron chi connectivity index (χ0n) is 12.3. The molecule has 0 saturated heterocycles. The van der Waals surface area contributed by atoms with Crippen molar-refractivity contribution in [2.24, 2.45) is 0 Å². The van der Waals surface area contributed by atoms with Crippen LogP contribution in [-0.2, 0) is 4.74 Å². The maximum absolute atomic E-state index is 12.2. The van der Waals surface area contributed by atoms with Crippen molar-refractivity contribution >= 4 is 23.2 Å². The highest BCUT2D eigenvalue weighted by molar-refractivity contribution is 6.30. The highest BCUT2D eigenvalue weighted by atomic mass is 35.5. The average Bonchev–Trinajstić information content (AvgIpc) is 2.54. The third-order valence-electron chi connectivity index (χ3n) is 2.90. The molecule has 0 aliphatic heterocycles. The molecule has 0 aliphatic rings. The standard InChI is InChI=1S/C17H18ClNO3/c1-2-21-10-11-22-16-5-3-4-13(12-16)17(20)19-15-8-6-14(18)7-9-15/h3-9,12H,2,10-11H2,1H3,(H,19,20). The van der Waals surface area contributed by atoms with Crippen LogP contribution < -0.4 is 10.1 Å². The van der Waals surface area contributed by atoms with E-state index in [0.717, 1.165) is 0 Å². The smallest absolute Gasteiger partial charge is 0.255 e. The lowest BCUT2D eigenvalue weighted by Gasteiger charge is -2.09. The number of rotatable bonds is 7. The van der Waals surface area contributed by atoms with E-state index in [1.165, 1.54) is 0 Å². The SMILES string of the molecule is CCOCCOc1cccc(C(=O)Nc2ccc(Cl)cc2)c1. The van der Waals surface area contributed by atoms with Gasteiger partial charge in [0.25, 0.3) is 5.91 Å². The molecule has 1 N–H and O–H groups in total. The topological polar surface area (TPSA) is 47.6 Å². The van der Waals surface area contributed by atoms with Gasteiger partial charge < -0.3 is 14.8 Å². The number of carbonyl (C=O) groups is 1. The van der Waals surface area contributed by atoms with Crippen molar-refractivity contribution in [3.8, 4) is 5.75 Å². The van der Waals surface area contributed by atoms with Gasteiger partial charge in [0, 0.05) is 22.9 Å². The van der Waals surface area contributed by atoms with Gasteiger partial charge in [-0.2, -0.15) is 0 Å². The molecule has 2 aromatic carbocycles. The van der Waals surface area contributed by atoms with Gasteiger partial charge in [0.15, 0.2) is 0 Å². The summed E-state index contributed by atoms with van der Waals surface area (Å²) in [6.45, 7) is 3.57. The van der Waals surface area contributed by atoms with Gasteiger partial charge in [-0.3, -0.25) is 4.79 Å². The van der Waals surface area contributed by atoms with Crippen LogP contribution in [0.15, 0.2) is 48.5 Å². The van der Waals surface area contributed by atoms with Crippen molar-refractivity contribution in [2.75, 3.05) is 25.1 Å². The molecule has 2 aromatic rings. The third-order valence-corrected chi connectivity index (χ3v) is 3.15. The van der Waals surface area contributed by atoms with Crippen LogP contribution in [0.5, 0.6) is 5.75 Å². The normalized spacial score (nSPS) is 10.3. The lowest BCUT2D eigenvalue weighted by Crippen LogP contribution is -2.12. The van der Waals surface area contributed by atoms with Gasteiger partial charge in [0.2, 0.25) is 0 Å². The van der Waals surface area contributed by atoms with Crippen molar-refractivity contribution in [3.63, 3.8) is 0 Å². The molecule has 22 heavy (non-hydrogen) atoms. The number of carbonyl (C=O) groups excluding carboxylic acids is 1. The number of ether oxygens (including phenoxy) is 2. The summed E-state index contributed by atoms with van der Waals surface area (Å²) in [6.07, 6.45) is 0. The van der Waals surface area contributed by atoms with Crippen molar-refractivity contribution in [1.29, 1.82) is 0 Å². The van der Waals surface area contributed by atoms with Gasteiger partial charge in [-0.25, -0.2) is 0 Å². The molecule has 5 heteroatoms. The van der Waals surface area contributed by atoms with Gasteiger partial charge in [0.05, 0.1) is 6.61 Å². The van der Waals surface area contributed by atoms with E-state index in [1.807, 2.05) is 13.0 Å². The number of anilines is 1. The molecule has 4 nitrogen and oxygen atoms in total. The molecule has 0 spiro atoms. The Morgan fingerprint density at radius 3 is 2.64 bits per heavy atom. The lowest BCUT2D eigenvalue weighted by atomic mass is 10.2. The van der Waals surface area contributed by atoms with Crippen LogP contribution >= 0.6 is 11.6 Å². The first-order valence-electron chi connectivity index (χ1n) is 7.06. The van der Waals surface area contributed by atoms with Crippen LogP contribution in [0, 0.1) is 0 Å². The van der Waals surface area contributed by atoms with E-state index in [2.05, 4.69) is 5.32 Å². The highest BCUT2D eigenvalue weighted by Crippen LogP contribution is 2.17. The Labute approximate surface area is 135 Å². The summed E-state index contributed by atoms with van der Waals surface area (Å²) in [5, 5.41) is 3.44. The lowest BCUT2D eigenvalue weighted by molar-refractivity contribution is 0.102. The molecule has 0 saturated carbocycles. The number of benzene rings is 2. The first kappa shape index (κ1) is 16.3. The molecule has 2 rings (SSSR count). The van der Waals surface area contributed by atoms with E-state index in [4.69, 9.17) is 21.1 Å². The largest absolute Gasteiger partial charge is 0.491 e. The average molecular weight is 320 g/mol. The predicted octanol–water partition coefficient (Wildman–Crippen LogP) is 4.01. The quantitative estimate of drug-likeness (QED) is 0.784. The molecule has 0 bridgehead atoms. The Morgan fingerprint density at radius 2 is 1.91 bits per heavy atom. The molecular formula is C17H18ClNO3. The zero-order valence-corrected chi connectivity index (χ0v) is 13.1. The number of amides is 1. The van der Waals surface area contributed by atoms with Crippen LogP contribution in [0.25, 0.3) is 0 Å². The Bertz CT molecular complexity index is 614. The minimum Gasteiger partial charge on any atom is -0.491 e. The van der Waals surface area contributed by atoms with E-state index >= 15 is 0 Å². The Kier molecular flexibility index (Phi) is 6.25. The summed E-state index contributed by atoms with van der Waals surface area (Å²) < 4.78 is 10.7. The molecule has 0 atom stereocenters. The van der Waals surface area contributed by atoms with Gasteiger partial charge >= 0.3 is 0 Å². The maximum atomic E-state index is 12.2. The monoisotopic (exact) mass is 319 g/mol. The van der Waals surface area contributed by atoms with Crippen LogP contribution in [-0.4, -0.2) is 25.7 Å². The minimum absolute atomic E-state index is 0.197. The number of hydrogen-bond donors (Lipinski definition) is 1. The van der Waals surface area contributed by atoms with E-state index in [1.54, 1.807) is 42.5 Å². The van der Waals surface area contributed by atoms with Gasteiger partial charge in [-0.05, 0) is 49.4 Å². The predicted molar refractivity (Wildman–Crippen MR) is 87.8 cm³/mol. The summed E-state index contributed by atoms with van der Waals surface area (Å²) in [6, 6.07) is 14.0. The van der Waals surface area contributed by atoms with Crippen molar-refractivity contribution in [3.05, 3.63) is 59.1 Å². The molecule has 0 fully saturated rings. The second-order valence-electron chi connectivity index (χ2n) is 4.53. The second-order valence-corrected chi connectivity index (χ2v) is 4.97. The molecule has 0 unspecified atom stereocenters. The molecule has 0 aliphatic carbocycles. The Hall–Kier alpha value is -2.04. The first-order chi connectivity index (χ1) is 10.7. The van der Waals surface area contributed by atoms with Crippen molar-refractivity contribution in [1.82, 2.24) is 0 Å². The zero-order chi connectivity index (χ0) is 15.8. The Balaban J connectivity index is 1.96. The summed E-state index contributed by atoms with van der Waals surface area (Å²) >= 11 is 5.82. The number of hydrogen-bond acceptors (Lipinski definition) is 3. The molecule has 0 radical (unpaired) electrons. The van der Waals surface area contributed by atoms with E-state index in [0.29, 0.717) is 41.8 Å². The van der Waals surface area contributed by atoms with E-state index in [9.17, 15) is 4.79 Å². The summed E-state index contributed by atoms with van der Waals surface area (Å²) in [5.74, 6) is 0.445. The minimum atomic E-state index is -0.197.